The normalized spacial score (nSPS) is 12.6. The summed E-state index contributed by atoms with van der Waals surface area (Å²) in [7, 11) is 0. The Morgan fingerprint density at radius 1 is 0.422 bits per heavy atom. The van der Waals surface area contributed by atoms with Gasteiger partial charge in [-0.3, -0.25) is 9.59 Å². The average molecular weight is 905 g/mol. The van der Waals surface area contributed by atoms with E-state index >= 15 is 0 Å². The molecule has 0 bridgehead atoms. The standard InChI is InChI=1S/C58H113NO5/c1-3-5-7-9-11-13-15-16-17-18-21-24-27-31-34-38-42-46-50-56(61)55(54-60)59-57(62)51-47-43-39-35-32-28-25-22-19-20-23-26-29-33-37-41-45-49-53-64-58(63)52-48-44-40-36-30-14-12-10-8-6-4-2/h10,12,55-56,60-61H,3-9,11,13-54H2,1-2H3,(H,59,62)/b12-10-. The Morgan fingerprint density at radius 2 is 0.750 bits per heavy atom. The molecule has 64 heavy (non-hydrogen) atoms. The first-order valence-corrected chi connectivity index (χ1v) is 28.9. The molecular formula is C58H113NO5. The van der Waals surface area contributed by atoms with Crippen LogP contribution in [0.5, 0.6) is 0 Å². The van der Waals surface area contributed by atoms with E-state index in [2.05, 4.69) is 31.3 Å². The average Bonchev–Trinajstić information content (AvgIpc) is 3.29. The van der Waals surface area contributed by atoms with E-state index in [9.17, 15) is 19.8 Å². The second-order valence-electron chi connectivity index (χ2n) is 20.0. The summed E-state index contributed by atoms with van der Waals surface area (Å²) in [5.74, 6) is -0.0395. The van der Waals surface area contributed by atoms with Gasteiger partial charge in [0.2, 0.25) is 5.91 Å². The Kier molecular flexibility index (Phi) is 53.0. The fourth-order valence-corrected chi connectivity index (χ4v) is 9.09. The second-order valence-corrected chi connectivity index (χ2v) is 20.0. The Hall–Kier alpha value is -1.40. The van der Waals surface area contributed by atoms with Gasteiger partial charge in [-0.1, -0.05) is 276 Å². The van der Waals surface area contributed by atoms with Crippen molar-refractivity contribution in [2.75, 3.05) is 13.2 Å². The van der Waals surface area contributed by atoms with Crippen LogP contribution in [0.25, 0.3) is 0 Å². The van der Waals surface area contributed by atoms with Crippen LogP contribution in [0.4, 0.5) is 0 Å². The molecule has 0 rings (SSSR count). The van der Waals surface area contributed by atoms with E-state index in [-0.39, 0.29) is 18.5 Å². The maximum absolute atomic E-state index is 12.5. The summed E-state index contributed by atoms with van der Waals surface area (Å²) in [5.41, 5.74) is 0. The Balaban J connectivity index is 3.41. The van der Waals surface area contributed by atoms with Gasteiger partial charge in [-0.15, -0.1) is 0 Å². The number of carbonyl (C=O) groups excluding carboxylic acids is 2. The van der Waals surface area contributed by atoms with Crippen LogP contribution in [0, 0.1) is 0 Å². The molecule has 0 aromatic heterocycles. The summed E-state index contributed by atoms with van der Waals surface area (Å²) in [6, 6.07) is -0.544. The minimum atomic E-state index is -0.667. The van der Waals surface area contributed by atoms with E-state index in [1.54, 1.807) is 0 Å². The predicted molar refractivity (Wildman–Crippen MR) is 278 cm³/mol. The third-order valence-corrected chi connectivity index (χ3v) is 13.6. The zero-order valence-electron chi connectivity index (χ0n) is 43.3. The van der Waals surface area contributed by atoms with Crippen molar-refractivity contribution in [2.24, 2.45) is 0 Å². The third-order valence-electron chi connectivity index (χ3n) is 13.6. The Bertz CT molecular complexity index is 955. The summed E-state index contributed by atoms with van der Waals surface area (Å²) in [6.45, 7) is 4.93. The van der Waals surface area contributed by atoms with Crippen molar-refractivity contribution < 1.29 is 24.5 Å². The van der Waals surface area contributed by atoms with Crippen LogP contribution in [0.1, 0.15) is 322 Å². The fourth-order valence-electron chi connectivity index (χ4n) is 9.09. The molecular weight excluding hydrogens is 791 g/mol. The first kappa shape index (κ1) is 62.6. The number of nitrogens with one attached hydrogen (secondary N) is 1. The number of esters is 1. The summed E-state index contributed by atoms with van der Waals surface area (Å²) < 4.78 is 5.45. The summed E-state index contributed by atoms with van der Waals surface area (Å²) in [6.07, 6.45) is 63.4. The van der Waals surface area contributed by atoms with Crippen LogP contribution >= 0.6 is 0 Å². The van der Waals surface area contributed by atoms with Gasteiger partial charge in [0.15, 0.2) is 0 Å². The third kappa shape index (κ3) is 50.0. The van der Waals surface area contributed by atoms with E-state index < -0.39 is 12.1 Å². The fraction of sp³-hybridized carbons (Fsp3) is 0.931. The maximum Gasteiger partial charge on any atom is 0.305 e. The molecule has 3 N–H and O–H groups in total. The lowest BCUT2D eigenvalue weighted by Crippen LogP contribution is -2.45. The van der Waals surface area contributed by atoms with Crippen molar-refractivity contribution in [3.63, 3.8) is 0 Å². The molecule has 0 aliphatic heterocycles. The van der Waals surface area contributed by atoms with E-state index in [1.165, 1.54) is 244 Å². The number of allylic oxidation sites excluding steroid dienone is 2. The van der Waals surface area contributed by atoms with Gasteiger partial charge in [0.05, 0.1) is 25.4 Å². The lowest BCUT2D eigenvalue weighted by Gasteiger charge is -2.22. The van der Waals surface area contributed by atoms with Gasteiger partial charge in [-0.05, 0) is 44.9 Å². The highest BCUT2D eigenvalue weighted by Crippen LogP contribution is 2.18. The van der Waals surface area contributed by atoms with Crippen molar-refractivity contribution in [2.45, 2.75) is 334 Å². The highest BCUT2D eigenvalue weighted by Gasteiger charge is 2.20. The number of hydrogen-bond donors (Lipinski definition) is 3. The molecule has 2 unspecified atom stereocenters. The number of rotatable bonds is 54. The van der Waals surface area contributed by atoms with E-state index in [1.807, 2.05) is 0 Å². The molecule has 0 saturated carbocycles. The quantitative estimate of drug-likeness (QED) is 0.0321. The molecule has 0 radical (unpaired) electrons. The minimum Gasteiger partial charge on any atom is -0.466 e. The van der Waals surface area contributed by atoms with Crippen LogP contribution in [0.15, 0.2) is 12.2 Å². The van der Waals surface area contributed by atoms with Gasteiger partial charge in [-0.25, -0.2) is 0 Å². The number of carbonyl (C=O) groups is 2. The van der Waals surface area contributed by atoms with Crippen LogP contribution in [0.2, 0.25) is 0 Å². The molecule has 380 valence electrons. The van der Waals surface area contributed by atoms with E-state index in [0.717, 1.165) is 44.9 Å². The van der Waals surface area contributed by atoms with Gasteiger partial charge in [0, 0.05) is 12.8 Å². The molecule has 0 aliphatic rings. The first-order valence-electron chi connectivity index (χ1n) is 28.9. The van der Waals surface area contributed by atoms with E-state index in [0.29, 0.717) is 25.9 Å². The number of aliphatic hydroxyl groups excluding tert-OH is 2. The summed E-state index contributed by atoms with van der Waals surface area (Å²) >= 11 is 0. The van der Waals surface area contributed by atoms with Crippen LogP contribution in [-0.2, 0) is 14.3 Å². The molecule has 0 aromatic rings. The molecule has 0 saturated heterocycles. The number of amides is 1. The zero-order chi connectivity index (χ0) is 46.5. The van der Waals surface area contributed by atoms with E-state index in [4.69, 9.17) is 4.74 Å². The lowest BCUT2D eigenvalue weighted by molar-refractivity contribution is -0.143. The van der Waals surface area contributed by atoms with Gasteiger partial charge in [0.1, 0.15) is 0 Å². The van der Waals surface area contributed by atoms with Gasteiger partial charge in [0.25, 0.3) is 0 Å². The largest absolute Gasteiger partial charge is 0.466 e. The van der Waals surface area contributed by atoms with Crippen molar-refractivity contribution >= 4 is 11.9 Å². The van der Waals surface area contributed by atoms with Gasteiger partial charge < -0.3 is 20.3 Å². The van der Waals surface area contributed by atoms with Gasteiger partial charge in [-0.2, -0.15) is 0 Å². The van der Waals surface area contributed by atoms with Crippen molar-refractivity contribution in [3.05, 3.63) is 12.2 Å². The number of aliphatic hydroxyl groups is 2. The SMILES string of the molecule is CCCC/C=C\CCCCCCCC(=O)OCCCCCCCCCCCCCCCCCCCCC(=O)NC(CO)C(O)CCCCCCCCCCCCCCCCCCCC. The highest BCUT2D eigenvalue weighted by molar-refractivity contribution is 5.76. The number of hydrogen-bond acceptors (Lipinski definition) is 5. The Labute approximate surface area is 399 Å². The summed E-state index contributed by atoms with van der Waals surface area (Å²) in [5, 5.41) is 23.3. The molecule has 0 fully saturated rings. The predicted octanol–water partition coefficient (Wildman–Crippen LogP) is 17.7. The molecule has 2 atom stereocenters. The summed E-state index contributed by atoms with van der Waals surface area (Å²) in [4.78, 5) is 24.5. The first-order chi connectivity index (χ1) is 31.5. The smallest absolute Gasteiger partial charge is 0.305 e. The van der Waals surface area contributed by atoms with Crippen molar-refractivity contribution in [1.82, 2.24) is 5.32 Å². The lowest BCUT2D eigenvalue weighted by atomic mass is 10.0. The monoisotopic (exact) mass is 904 g/mol. The molecule has 1 amide bonds. The maximum atomic E-state index is 12.5. The zero-order valence-corrected chi connectivity index (χ0v) is 43.3. The van der Waals surface area contributed by atoms with Crippen molar-refractivity contribution in [1.29, 1.82) is 0 Å². The molecule has 0 aliphatic carbocycles. The highest BCUT2D eigenvalue weighted by atomic mass is 16.5. The molecule has 0 spiro atoms. The number of unbranched alkanes of at least 4 members (excludes halogenated alkanes) is 41. The molecule has 6 heteroatoms. The molecule has 0 aromatic carbocycles. The van der Waals surface area contributed by atoms with Crippen LogP contribution in [0.3, 0.4) is 0 Å². The topological polar surface area (TPSA) is 95.9 Å². The minimum absolute atomic E-state index is 0.00316. The molecule has 6 nitrogen and oxygen atoms in total. The second kappa shape index (κ2) is 54.2. The van der Waals surface area contributed by atoms with Gasteiger partial charge >= 0.3 is 5.97 Å². The number of ether oxygens (including phenoxy) is 1. The Morgan fingerprint density at radius 3 is 1.16 bits per heavy atom. The molecule has 0 heterocycles. The van der Waals surface area contributed by atoms with Crippen LogP contribution < -0.4 is 5.32 Å². The van der Waals surface area contributed by atoms with Crippen LogP contribution in [-0.4, -0.2) is 47.4 Å². The van der Waals surface area contributed by atoms with Crippen molar-refractivity contribution in [3.8, 4) is 0 Å².